The van der Waals surface area contributed by atoms with Gasteiger partial charge in [0, 0.05) is 0 Å². The molecule has 1 saturated heterocycles. The second kappa shape index (κ2) is 3.01. The lowest BCUT2D eigenvalue weighted by atomic mass is 10.0. The highest BCUT2D eigenvalue weighted by Gasteiger charge is 2.22. The summed E-state index contributed by atoms with van der Waals surface area (Å²) in [6.07, 6.45) is 1.51. The SMILES string of the molecule is CC1CCC(C(N)=O)OC1. The first kappa shape index (κ1) is 7.54. The van der Waals surface area contributed by atoms with Gasteiger partial charge < -0.3 is 10.5 Å². The van der Waals surface area contributed by atoms with Crippen molar-refractivity contribution in [1.82, 2.24) is 0 Å². The zero-order valence-corrected chi connectivity index (χ0v) is 6.17. The molecule has 2 unspecified atom stereocenters. The first-order valence-corrected chi connectivity index (χ1v) is 3.61. The van der Waals surface area contributed by atoms with Crippen molar-refractivity contribution in [3.8, 4) is 0 Å². The normalized spacial score (nSPS) is 33.7. The molecule has 3 heteroatoms. The fraction of sp³-hybridized carbons (Fsp3) is 0.857. The number of ether oxygens (including phenoxy) is 1. The second-order valence-corrected chi connectivity index (χ2v) is 2.91. The van der Waals surface area contributed by atoms with Gasteiger partial charge in [0.1, 0.15) is 6.10 Å². The predicted molar refractivity (Wildman–Crippen MR) is 37.3 cm³/mol. The summed E-state index contributed by atoms with van der Waals surface area (Å²) < 4.78 is 5.18. The van der Waals surface area contributed by atoms with E-state index in [0.717, 1.165) is 12.8 Å². The van der Waals surface area contributed by atoms with Gasteiger partial charge in [-0.15, -0.1) is 0 Å². The summed E-state index contributed by atoms with van der Waals surface area (Å²) in [6, 6.07) is 0. The van der Waals surface area contributed by atoms with Crippen LogP contribution in [0.4, 0.5) is 0 Å². The van der Waals surface area contributed by atoms with E-state index in [9.17, 15) is 4.79 Å². The predicted octanol–water partition coefficient (Wildman–Crippen LogP) is 0.287. The molecule has 0 aromatic heterocycles. The van der Waals surface area contributed by atoms with E-state index in [1.54, 1.807) is 0 Å². The Morgan fingerprint density at radius 2 is 2.30 bits per heavy atom. The van der Waals surface area contributed by atoms with E-state index < -0.39 is 0 Å². The highest BCUT2D eigenvalue weighted by molar-refractivity contribution is 5.78. The summed E-state index contributed by atoms with van der Waals surface area (Å²) in [7, 11) is 0. The van der Waals surface area contributed by atoms with Gasteiger partial charge in [0.05, 0.1) is 6.61 Å². The molecule has 0 aliphatic carbocycles. The van der Waals surface area contributed by atoms with Crippen LogP contribution in [0.15, 0.2) is 0 Å². The van der Waals surface area contributed by atoms with Gasteiger partial charge in [0.25, 0.3) is 0 Å². The number of rotatable bonds is 1. The lowest BCUT2D eigenvalue weighted by molar-refractivity contribution is -0.133. The van der Waals surface area contributed by atoms with Crippen LogP contribution >= 0.6 is 0 Å². The maximum absolute atomic E-state index is 10.6. The third-order valence-corrected chi connectivity index (χ3v) is 1.82. The highest BCUT2D eigenvalue weighted by atomic mass is 16.5. The average Bonchev–Trinajstić information content (AvgIpc) is 1.88. The third-order valence-electron chi connectivity index (χ3n) is 1.82. The van der Waals surface area contributed by atoms with Crippen molar-refractivity contribution in [2.75, 3.05) is 6.61 Å². The number of nitrogens with two attached hydrogens (primary N) is 1. The first-order chi connectivity index (χ1) is 4.70. The molecule has 1 amide bonds. The van der Waals surface area contributed by atoms with Crippen molar-refractivity contribution >= 4 is 5.91 Å². The Morgan fingerprint density at radius 1 is 1.60 bits per heavy atom. The van der Waals surface area contributed by atoms with Gasteiger partial charge in [-0.2, -0.15) is 0 Å². The monoisotopic (exact) mass is 143 g/mol. The lowest BCUT2D eigenvalue weighted by Gasteiger charge is -2.24. The molecule has 58 valence electrons. The molecule has 1 heterocycles. The van der Waals surface area contributed by atoms with Crippen molar-refractivity contribution in [3.05, 3.63) is 0 Å². The number of primary amides is 1. The van der Waals surface area contributed by atoms with E-state index in [1.165, 1.54) is 0 Å². The summed E-state index contributed by atoms with van der Waals surface area (Å²) in [5, 5.41) is 0. The Labute approximate surface area is 60.5 Å². The van der Waals surface area contributed by atoms with Crippen LogP contribution in [0.3, 0.4) is 0 Å². The van der Waals surface area contributed by atoms with Crippen LogP contribution in [0.5, 0.6) is 0 Å². The molecule has 0 aromatic rings. The molecule has 0 spiro atoms. The largest absolute Gasteiger partial charge is 0.368 e. The van der Waals surface area contributed by atoms with Gasteiger partial charge in [0.15, 0.2) is 0 Å². The summed E-state index contributed by atoms with van der Waals surface area (Å²) in [5.74, 6) is 0.252. The highest BCUT2D eigenvalue weighted by Crippen LogP contribution is 2.17. The molecule has 0 aromatic carbocycles. The zero-order valence-electron chi connectivity index (χ0n) is 6.17. The van der Waals surface area contributed by atoms with Crippen LogP contribution in [-0.2, 0) is 9.53 Å². The minimum Gasteiger partial charge on any atom is -0.368 e. The van der Waals surface area contributed by atoms with Crippen molar-refractivity contribution < 1.29 is 9.53 Å². The van der Waals surface area contributed by atoms with Crippen LogP contribution in [-0.4, -0.2) is 18.6 Å². The van der Waals surface area contributed by atoms with E-state index in [1.807, 2.05) is 0 Å². The van der Waals surface area contributed by atoms with E-state index in [0.29, 0.717) is 12.5 Å². The maximum atomic E-state index is 10.6. The van der Waals surface area contributed by atoms with Crippen LogP contribution < -0.4 is 5.73 Å². The van der Waals surface area contributed by atoms with Gasteiger partial charge in [-0.25, -0.2) is 0 Å². The Morgan fingerprint density at radius 3 is 2.70 bits per heavy atom. The quantitative estimate of drug-likeness (QED) is 0.573. The fourth-order valence-corrected chi connectivity index (χ4v) is 1.11. The van der Waals surface area contributed by atoms with Gasteiger partial charge in [-0.3, -0.25) is 4.79 Å². The van der Waals surface area contributed by atoms with Crippen molar-refractivity contribution in [2.24, 2.45) is 11.7 Å². The van der Waals surface area contributed by atoms with Crippen LogP contribution in [0.25, 0.3) is 0 Å². The Hall–Kier alpha value is -0.570. The molecule has 2 N–H and O–H groups in total. The summed E-state index contributed by atoms with van der Waals surface area (Å²) in [5.41, 5.74) is 5.05. The molecule has 1 fully saturated rings. The summed E-state index contributed by atoms with van der Waals surface area (Å²) in [4.78, 5) is 10.6. The van der Waals surface area contributed by atoms with Gasteiger partial charge in [-0.1, -0.05) is 6.92 Å². The van der Waals surface area contributed by atoms with Crippen LogP contribution in [0, 0.1) is 5.92 Å². The molecule has 1 rings (SSSR count). The number of amides is 1. The Kier molecular flexibility index (Phi) is 2.27. The average molecular weight is 143 g/mol. The maximum Gasteiger partial charge on any atom is 0.246 e. The minimum atomic E-state index is -0.327. The summed E-state index contributed by atoms with van der Waals surface area (Å²) >= 11 is 0. The molecular formula is C7H13NO2. The van der Waals surface area contributed by atoms with Gasteiger partial charge >= 0.3 is 0 Å². The lowest BCUT2D eigenvalue weighted by Crippen LogP contribution is -2.36. The molecule has 1 aliphatic heterocycles. The van der Waals surface area contributed by atoms with E-state index in [4.69, 9.17) is 10.5 Å². The van der Waals surface area contributed by atoms with Gasteiger partial charge in [-0.05, 0) is 18.8 Å². The van der Waals surface area contributed by atoms with Gasteiger partial charge in [0.2, 0.25) is 5.91 Å². The van der Waals surface area contributed by atoms with E-state index in [-0.39, 0.29) is 12.0 Å². The van der Waals surface area contributed by atoms with E-state index in [2.05, 4.69) is 6.92 Å². The molecule has 2 atom stereocenters. The molecule has 0 radical (unpaired) electrons. The van der Waals surface area contributed by atoms with Crippen LogP contribution in [0.1, 0.15) is 19.8 Å². The summed E-state index contributed by atoms with van der Waals surface area (Å²) in [6.45, 7) is 2.78. The smallest absolute Gasteiger partial charge is 0.246 e. The van der Waals surface area contributed by atoms with Crippen molar-refractivity contribution in [1.29, 1.82) is 0 Å². The fourth-order valence-electron chi connectivity index (χ4n) is 1.11. The third kappa shape index (κ3) is 1.70. The second-order valence-electron chi connectivity index (χ2n) is 2.91. The molecule has 0 bridgehead atoms. The molecule has 10 heavy (non-hydrogen) atoms. The number of hydrogen-bond acceptors (Lipinski definition) is 2. The van der Waals surface area contributed by atoms with Crippen molar-refractivity contribution in [3.63, 3.8) is 0 Å². The molecule has 1 aliphatic rings. The molecule has 0 saturated carbocycles. The first-order valence-electron chi connectivity index (χ1n) is 3.61. The number of carbonyl (C=O) groups excluding carboxylic acids is 1. The number of carbonyl (C=O) groups is 1. The minimum absolute atomic E-state index is 0.323. The Balaban J connectivity index is 2.33. The van der Waals surface area contributed by atoms with E-state index >= 15 is 0 Å². The Bertz CT molecular complexity index is 128. The van der Waals surface area contributed by atoms with Crippen molar-refractivity contribution in [2.45, 2.75) is 25.9 Å². The number of hydrogen-bond donors (Lipinski definition) is 1. The zero-order chi connectivity index (χ0) is 7.56. The standard InChI is InChI=1S/C7H13NO2/c1-5-2-3-6(7(8)9)10-4-5/h5-6H,2-4H2,1H3,(H2,8,9). The molecule has 3 nitrogen and oxygen atoms in total. The molecular weight excluding hydrogens is 130 g/mol. The topological polar surface area (TPSA) is 52.3 Å². The van der Waals surface area contributed by atoms with Crippen LogP contribution in [0.2, 0.25) is 0 Å².